The van der Waals surface area contributed by atoms with Crippen LogP contribution in [0.1, 0.15) is 45.2 Å². The standard InChI is InChI=1S/C23H24N4O4.C3H8/c1-14(2)19-13-31-23(27-19)16-8-4-6-10-18(16)26-21(29)20(28)25-17-9-5-3-7-15(17)22-24-11-12-30-22;1-3-2/h3-10,14,19H,11-13H2,1-2H3,(H,25,28)(H,26,29);3H2,1-2H3. The van der Waals surface area contributed by atoms with E-state index >= 15 is 0 Å². The van der Waals surface area contributed by atoms with E-state index in [1.165, 1.54) is 6.42 Å². The molecule has 8 nitrogen and oxygen atoms in total. The van der Waals surface area contributed by atoms with Crippen molar-refractivity contribution in [1.29, 1.82) is 0 Å². The van der Waals surface area contributed by atoms with E-state index in [0.29, 0.717) is 60.0 Å². The Kier molecular flexibility index (Phi) is 8.79. The van der Waals surface area contributed by atoms with Gasteiger partial charge in [0, 0.05) is 0 Å². The molecule has 0 aromatic heterocycles. The van der Waals surface area contributed by atoms with Gasteiger partial charge >= 0.3 is 11.8 Å². The Morgan fingerprint density at radius 2 is 1.44 bits per heavy atom. The molecule has 1 atom stereocenters. The van der Waals surface area contributed by atoms with Crippen LogP contribution in [-0.2, 0) is 19.1 Å². The van der Waals surface area contributed by atoms with Crippen LogP contribution in [-0.4, -0.2) is 49.4 Å². The number of benzene rings is 2. The molecule has 0 spiro atoms. The fourth-order valence-corrected chi connectivity index (χ4v) is 3.29. The maximum atomic E-state index is 12.6. The molecule has 2 aromatic carbocycles. The fourth-order valence-electron chi connectivity index (χ4n) is 3.29. The van der Waals surface area contributed by atoms with Crippen LogP contribution in [0.3, 0.4) is 0 Å². The summed E-state index contributed by atoms with van der Waals surface area (Å²) in [5.41, 5.74) is 2.19. The van der Waals surface area contributed by atoms with Gasteiger partial charge in [0.1, 0.15) is 13.2 Å². The summed E-state index contributed by atoms with van der Waals surface area (Å²) in [4.78, 5) is 34.1. The normalized spacial score (nSPS) is 16.4. The van der Waals surface area contributed by atoms with Gasteiger partial charge in [-0.05, 0) is 30.2 Å². The summed E-state index contributed by atoms with van der Waals surface area (Å²) in [6.45, 7) is 9.98. The van der Waals surface area contributed by atoms with Gasteiger partial charge in [0.05, 0.1) is 35.1 Å². The molecule has 0 saturated heterocycles. The number of ether oxygens (including phenoxy) is 2. The maximum Gasteiger partial charge on any atom is 0.314 e. The van der Waals surface area contributed by atoms with Crippen LogP contribution >= 0.6 is 0 Å². The first-order chi connectivity index (χ1) is 16.4. The summed E-state index contributed by atoms with van der Waals surface area (Å²) in [6.07, 6.45) is 1.25. The second kappa shape index (κ2) is 12.0. The molecule has 2 aliphatic rings. The van der Waals surface area contributed by atoms with Crippen molar-refractivity contribution in [3.63, 3.8) is 0 Å². The van der Waals surface area contributed by atoms with Crippen molar-refractivity contribution in [3.05, 3.63) is 59.7 Å². The number of amides is 2. The Labute approximate surface area is 200 Å². The van der Waals surface area contributed by atoms with Crippen molar-refractivity contribution in [1.82, 2.24) is 0 Å². The monoisotopic (exact) mass is 464 g/mol. The summed E-state index contributed by atoms with van der Waals surface area (Å²) in [6, 6.07) is 14.3. The number of carbonyl (C=O) groups is 2. The van der Waals surface area contributed by atoms with Crippen LogP contribution < -0.4 is 10.6 Å². The lowest BCUT2D eigenvalue weighted by molar-refractivity contribution is -0.133. The van der Waals surface area contributed by atoms with Gasteiger partial charge in [-0.15, -0.1) is 0 Å². The van der Waals surface area contributed by atoms with Gasteiger partial charge in [-0.3, -0.25) is 9.59 Å². The molecule has 34 heavy (non-hydrogen) atoms. The average Bonchev–Trinajstić information content (AvgIpc) is 3.53. The van der Waals surface area contributed by atoms with E-state index < -0.39 is 11.8 Å². The van der Waals surface area contributed by atoms with Crippen molar-refractivity contribution < 1.29 is 19.1 Å². The molecule has 180 valence electrons. The Bertz CT molecular complexity index is 1080. The molecule has 2 N–H and O–H groups in total. The molecule has 0 aliphatic carbocycles. The zero-order valence-corrected chi connectivity index (χ0v) is 20.1. The Morgan fingerprint density at radius 1 is 0.912 bits per heavy atom. The minimum Gasteiger partial charge on any atom is -0.475 e. The Hall–Kier alpha value is -3.68. The number of rotatable bonds is 5. The Morgan fingerprint density at radius 3 is 1.91 bits per heavy atom. The van der Waals surface area contributed by atoms with Crippen molar-refractivity contribution in [2.45, 2.75) is 40.2 Å². The molecular weight excluding hydrogens is 432 g/mol. The summed E-state index contributed by atoms with van der Waals surface area (Å²) in [7, 11) is 0. The highest BCUT2D eigenvalue weighted by Crippen LogP contribution is 2.23. The second-order valence-electron chi connectivity index (χ2n) is 8.30. The zero-order valence-electron chi connectivity index (χ0n) is 20.1. The van der Waals surface area contributed by atoms with Crippen molar-refractivity contribution in [3.8, 4) is 0 Å². The van der Waals surface area contributed by atoms with Crippen molar-refractivity contribution in [2.24, 2.45) is 15.9 Å². The lowest BCUT2D eigenvalue weighted by atomic mass is 10.1. The molecule has 8 heteroatoms. The number of carbonyl (C=O) groups excluding carboxylic acids is 2. The molecule has 0 bridgehead atoms. The smallest absolute Gasteiger partial charge is 0.314 e. The number of hydrogen-bond donors (Lipinski definition) is 2. The van der Waals surface area contributed by atoms with Crippen molar-refractivity contribution >= 4 is 35.0 Å². The van der Waals surface area contributed by atoms with E-state index in [1.54, 1.807) is 36.4 Å². The fraction of sp³-hybridized carbons (Fsp3) is 0.385. The molecule has 2 aromatic rings. The first kappa shape index (κ1) is 25.0. The number of para-hydroxylation sites is 2. The molecule has 0 fully saturated rings. The molecule has 0 saturated carbocycles. The minimum absolute atomic E-state index is 0.0688. The lowest BCUT2D eigenvalue weighted by Gasteiger charge is -2.12. The third-order valence-electron chi connectivity index (χ3n) is 5.05. The summed E-state index contributed by atoms with van der Waals surface area (Å²) in [5, 5.41) is 5.31. The van der Waals surface area contributed by atoms with Gasteiger partial charge in [-0.25, -0.2) is 9.98 Å². The minimum atomic E-state index is -0.796. The van der Waals surface area contributed by atoms with Gasteiger partial charge in [-0.2, -0.15) is 0 Å². The van der Waals surface area contributed by atoms with E-state index in [2.05, 4.69) is 48.3 Å². The molecule has 1 unspecified atom stereocenters. The number of anilines is 2. The van der Waals surface area contributed by atoms with Crippen LogP contribution in [0.2, 0.25) is 0 Å². The molecule has 0 radical (unpaired) electrons. The van der Waals surface area contributed by atoms with Crippen LogP contribution in [0.15, 0.2) is 58.5 Å². The zero-order chi connectivity index (χ0) is 24.5. The number of nitrogens with one attached hydrogen (secondary N) is 2. The number of nitrogens with zero attached hydrogens (tertiary/aromatic N) is 2. The molecule has 4 rings (SSSR count). The summed E-state index contributed by atoms with van der Waals surface area (Å²) >= 11 is 0. The molecule has 2 amide bonds. The molecule has 2 aliphatic heterocycles. The van der Waals surface area contributed by atoms with E-state index in [-0.39, 0.29) is 6.04 Å². The first-order valence-electron chi connectivity index (χ1n) is 11.6. The predicted molar refractivity (Wildman–Crippen MR) is 135 cm³/mol. The van der Waals surface area contributed by atoms with Crippen LogP contribution in [0.5, 0.6) is 0 Å². The highest BCUT2D eigenvalue weighted by Gasteiger charge is 2.26. The van der Waals surface area contributed by atoms with Gasteiger partial charge in [-0.1, -0.05) is 58.4 Å². The Balaban J connectivity index is 0.00000103. The maximum absolute atomic E-state index is 12.6. The quantitative estimate of drug-likeness (QED) is 0.646. The average molecular weight is 465 g/mol. The number of aliphatic imine (C=N–C) groups is 2. The van der Waals surface area contributed by atoms with E-state index in [0.717, 1.165) is 0 Å². The van der Waals surface area contributed by atoms with Crippen LogP contribution in [0, 0.1) is 5.92 Å². The highest BCUT2D eigenvalue weighted by atomic mass is 16.5. The topological polar surface area (TPSA) is 101 Å². The first-order valence-corrected chi connectivity index (χ1v) is 11.6. The van der Waals surface area contributed by atoms with Gasteiger partial charge in [0.2, 0.25) is 11.8 Å². The SMILES string of the molecule is CC(C)C1COC(c2ccccc2NC(=O)C(=O)Nc2ccccc2C2=NCCO2)=N1.CCC. The summed E-state index contributed by atoms with van der Waals surface area (Å²) in [5.74, 6) is -0.321. The third-order valence-corrected chi connectivity index (χ3v) is 5.05. The molecule has 2 heterocycles. The molecular formula is C26H32N4O4. The largest absolute Gasteiger partial charge is 0.475 e. The third kappa shape index (κ3) is 6.21. The van der Waals surface area contributed by atoms with Crippen molar-refractivity contribution in [2.75, 3.05) is 30.4 Å². The predicted octanol–water partition coefficient (Wildman–Crippen LogP) is 4.26. The number of hydrogen-bond acceptors (Lipinski definition) is 6. The van der Waals surface area contributed by atoms with Crippen LogP contribution in [0.4, 0.5) is 11.4 Å². The van der Waals surface area contributed by atoms with Crippen LogP contribution in [0.25, 0.3) is 0 Å². The highest BCUT2D eigenvalue weighted by molar-refractivity contribution is 6.44. The second-order valence-corrected chi connectivity index (χ2v) is 8.30. The summed E-state index contributed by atoms with van der Waals surface area (Å²) < 4.78 is 11.2. The lowest BCUT2D eigenvalue weighted by Crippen LogP contribution is -2.30. The van der Waals surface area contributed by atoms with Gasteiger partial charge in [0.25, 0.3) is 0 Å². The van der Waals surface area contributed by atoms with Gasteiger partial charge in [0.15, 0.2) is 0 Å². The van der Waals surface area contributed by atoms with E-state index in [4.69, 9.17) is 9.47 Å². The van der Waals surface area contributed by atoms with E-state index in [9.17, 15) is 9.59 Å². The van der Waals surface area contributed by atoms with E-state index in [1.807, 2.05) is 12.1 Å². The van der Waals surface area contributed by atoms with Gasteiger partial charge < -0.3 is 20.1 Å².